The van der Waals surface area contributed by atoms with E-state index in [9.17, 15) is 5.11 Å². The molecule has 2 N–H and O–H groups in total. The fourth-order valence-electron chi connectivity index (χ4n) is 2.40. The molecule has 1 fully saturated rings. The van der Waals surface area contributed by atoms with Gasteiger partial charge in [-0.3, -0.25) is 4.90 Å². The van der Waals surface area contributed by atoms with Gasteiger partial charge in [-0.2, -0.15) is 0 Å². The molecule has 0 aliphatic carbocycles. The van der Waals surface area contributed by atoms with Crippen LogP contribution in [0.3, 0.4) is 0 Å². The van der Waals surface area contributed by atoms with Crippen molar-refractivity contribution in [3.8, 4) is 0 Å². The van der Waals surface area contributed by atoms with Gasteiger partial charge in [0.05, 0.1) is 19.3 Å². The van der Waals surface area contributed by atoms with Crippen LogP contribution in [0.1, 0.15) is 18.5 Å². The number of nitrogens with zero attached hydrogens (tertiary/aromatic N) is 1. The highest BCUT2D eigenvalue weighted by atomic mass is 79.9. The molecule has 4 nitrogen and oxygen atoms in total. The largest absolute Gasteiger partial charge is 0.390 e. The Morgan fingerprint density at radius 3 is 2.75 bits per heavy atom. The fraction of sp³-hybridized carbons (Fsp3) is 0.600. The molecule has 112 valence electrons. The van der Waals surface area contributed by atoms with Crippen LogP contribution >= 0.6 is 15.9 Å². The zero-order valence-electron chi connectivity index (χ0n) is 11.9. The van der Waals surface area contributed by atoms with E-state index in [0.29, 0.717) is 13.1 Å². The minimum atomic E-state index is -0.349. The van der Waals surface area contributed by atoms with E-state index in [-0.39, 0.29) is 12.1 Å². The number of nitrogens with one attached hydrogen (secondary N) is 1. The third kappa shape index (κ3) is 4.82. The zero-order valence-corrected chi connectivity index (χ0v) is 13.5. The van der Waals surface area contributed by atoms with E-state index in [1.54, 1.807) is 0 Å². The quantitative estimate of drug-likeness (QED) is 0.827. The summed E-state index contributed by atoms with van der Waals surface area (Å²) in [5.74, 6) is 0. The number of hydrogen-bond acceptors (Lipinski definition) is 4. The van der Waals surface area contributed by atoms with Gasteiger partial charge in [0.15, 0.2) is 0 Å². The van der Waals surface area contributed by atoms with Crippen LogP contribution in [0.15, 0.2) is 28.7 Å². The first-order valence-corrected chi connectivity index (χ1v) is 7.92. The summed E-state index contributed by atoms with van der Waals surface area (Å²) >= 11 is 3.56. The molecule has 2 atom stereocenters. The Bertz CT molecular complexity index is 411. The van der Waals surface area contributed by atoms with Crippen molar-refractivity contribution in [3.63, 3.8) is 0 Å². The van der Waals surface area contributed by atoms with Gasteiger partial charge in [0.25, 0.3) is 0 Å². The van der Waals surface area contributed by atoms with Crippen LogP contribution in [0.5, 0.6) is 0 Å². The van der Waals surface area contributed by atoms with Crippen LogP contribution in [0.4, 0.5) is 0 Å². The first-order chi connectivity index (χ1) is 9.66. The first-order valence-electron chi connectivity index (χ1n) is 7.13. The summed E-state index contributed by atoms with van der Waals surface area (Å²) in [6, 6.07) is 8.38. The molecule has 2 rings (SSSR count). The van der Waals surface area contributed by atoms with Crippen LogP contribution in [0, 0.1) is 0 Å². The minimum absolute atomic E-state index is 0.213. The molecule has 1 unspecified atom stereocenters. The van der Waals surface area contributed by atoms with Gasteiger partial charge in [0.2, 0.25) is 0 Å². The molecule has 5 heteroatoms. The fourth-order valence-corrected chi connectivity index (χ4v) is 3.02. The van der Waals surface area contributed by atoms with Crippen LogP contribution in [-0.4, -0.2) is 55.5 Å². The summed E-state index contributed by atoms with van der Waals surface area (Å²) < 4.78 is 6.41. The number of ether oxygens (including phenoxy) is 1. The van der Waals surface area contributed by atoms with E-state index in [1.165, 1.54) is 5.56 Å². The molecule has 1 heterocycles. The average molecular weight is 343 g/mol. The predicted octanol–water partition coefficient (Wildman–Crippen LogP) is 1.79. The van der Waals surface area contributed by atoms with Gasteiger partial charge in [0, 0.05) is 36.7 Å². The van der Waals surface area contributed by atoms with E-state index in [0.717, 1.165) is 30.8 Å². The van der Waals surface area contributed by atoms with Gasteiger partial charge < -0.3 is 15.2 Å². The maximum atomic E-state index is 10.1. The maximum Gasteiger partial charge on any atom is 0.0791 e. The summed E-state index contributed by atoms with van der Waals surface area (Å²) in [7, 11) is 0. The lowest BCUT2D eigenvalue weighted by Gasteiger charge is -2.29. The van der Waals surface area contributed by atoms with Crippen LogP contribution in [0.2, 0.25) is 0 Å². The molecule has 1 aliphatic heterocycles. The summed E-state index contributed by atoms with van der Waals surface area (Å²) in [5, 5.41) is 13.5. The second-order valence-electron chi connectivity index (χ2n) is 5.22. The number of benzene rings is 1. The zero-order chi connectivity index (χ0) is 14.4. The van der Waals surface area contributed by atoms with Gasteiger partial charge in [0.1, 0.15) is 0 Å². The van der Waals surface area contributed by atoms with E-state index in [4.69, 9.17) is 4.74 Å². The number of hydrogen-bond donors (Lipinski definition) is 2. The van der Waals surface area contributed by atoms with Crippen LogP contribution in [-0.2, 0) is 4.74 Å². The molecule has 0 amide bonds. The van der Waals surface area contributed by atoms with Crippen molar-refractivity contribution < 1.29 is 9.84 Å². The topological polar surface area (TPSA) is 44.7 Å². The monoisotopic (exact) mass is 342 g/mol. The number of morpholine rings is 1. The highest BCUT2D eigenvalue weighted by Crippen LogP contribution is 2.22. The Hall–Kier alpha value is -0.460. The number of aliphatic hydroxyl groups excluding tert-OH is 1. The molecular weight excluding hydrogens is 320 g/mol. The Balaban J connectivity index is 1.75. The third-order valence-electron chi connectivity index (χ3n) is 3.60. The number of aliphatic hydroxyl groups is 1. The van der Waals surface area contributed by atoms with E-state index >= 15 is 0 Å². The number of β-amino-alcohol motifs (C(OH)–C–C–N with tert-alkyl or cyclic N) is 1. The lowest BCUT2D eigenvalue weighted by atomic mass is 10.1. The van der Waals surface area contributed by atoms with Gasteiger partial charge in [-0.05, 0) is 18.6 Å². The first kappa shape index (κ1) is 15.9. The predicted molar refractivity (Wildman–Crippen MR) is 83.8 cm³/mol. The molecule has 0 spiro atoms. The maximum absolute atomic E-state index is 10.1. The molecule has 0 aromatic heterocycles. The number of halogens is 1. The van der Waals surface area contributed by atoms with Crippen molar-refractivity contribution in [1.29, 1.82) is 0 Å². The Kier molecular flexibility index (Phi) is 6.45. The van der Waals surface area contributed by atoms with Crippen molar-refractivity contribution in [3.05, 3.63) is 34.3 Å². The SMILES string of the molecule is C[C@H](NCC(O)CN1CCOCC1)c1ccccc1Br. The van der Waals surface area contributed by atoms with Gasteiger partial charge in [-0.25, -0.2) is 0 Å². The molecule has 1 aromatic rings. The molecule has 20 heavy (non-hydrogen) atoms. The molecule has 1 saturated heterocycles. The third-order valence-corrected chi connectivity index (χ3v) is 4.33. The molecule has 1 aromatic carbocycles. The van der Waals surface area contributed by atoms with E-state index in [2.05, 4.69) is 39.1 Å². The molecule has 1 aliphatic rings. The van der Waals surface area contributed by atoms with Gasteiger partial charge in [-0.1, -0.05) is 34.1 Å². The second-order valence-corrected chi connectivity index (χ2v) is 6.07. The second kappa shape index (κ2) is 8.10. The minimum Gasteiger partial charge on any atom is -0.390 e. The van der Waals surface area contributed by atoms with Crippen molar-refractivity contribution in [1.82, 2.24) is 10.2 Å². The molecule has 0 radical (unpaired) electrons. The highest BCUT2D eigenvalue weighted by molar-refractivity contribution is 9.10. The average Bonchev–Trinajstić information content (AvgIpc) is 2.46. The van der Waals surface area contributed by atoms with Crippen LogP contribution in [0.25, 0.3) is 0 Å². The lowest BCUT2D eigenvalue weighted by Crippen LogP contribution is -2.44. The Labute approximate surface area is 129 Å². The molecular formula is C15H23BrN2O2. The summed E-state index contributed by atoms with van der Waals surface area (Å²) in [6.07, 6.45) is -0.349. The highest BCUT2D eigenvalue weighted by Gasteiger charge is 2.16. The van der Waals surface area contributed by atoms with Crippen molar-refractivity contribution in [2.45, 2.75) is 19.1 Å². The standard InChI is InChI=1S/C15H23BrN2O2/c1-12(14-4-2-3-5-15(14)16)17-10-13(19)11-18-6-8-20-9-7-18/h2-5,12-13,17,19H,6-11H2,1H3/t12-,13?/m0/s1. The van der Waals surface area contributed by atoms with Crippen molar-refractivity contribution >= 4 is 15.9 Å². The van der Waals surface area contributed by atoms with Crippen LogP contribution < -0.4 is 5.32 Å². The Morgan fingerprint density at radius 1 is 1.35 bits per heavy atom. The number of rotatable bonds is 6. The van der Waals surface area contributed by atoms with Gasteiger partial charge >= 0.3 is 0 Å². The van der Waals surface area contributed by atoms with Gasteiger partial charge in [-0.15, -0.1) is 0 Å². The molecule has 0 saturated carbocycles. The lowest BCUT2D eigenvalue weighted by molar-refractivity contribution is 0.0145. The molecule has 0 bridgehead atoms. The smallest absolute Gasteiger partial charge is 0.0791 e. The van der Waals surface area contributed by atoms with Crippen molar-refractivity contribution in [2.75, 3.05) is 39.4 Å². The summed E-state index contributed by atoms with van der Waals surface area (Å²) in [4.78, 5) is 2.25. The normalized spacial score (nSPS) is 19.8. The van der Waals surface area contributed by atoms with E-state index in [1.807, 2.05) is 18.2 Å². The summed E-state index contributed by atoms with van der Waals surface area (Å²) in [6.45, 7) is 6.79. The van der Waals surface area contributed by atoms with E-state index < -0.39 is 0 Å². The Morgan fingerprint density at radius 2 is 2.05 bits per heavy atom. The summed E-state index contributed by atoms with van der Waals surface area (Å²) in [5.41, 5.74) is 1.21. The van der Waals surface area contributed by atoms with Crippen molar-refractivity contribution in [2.24, 2.45) is 0 Å².